The number of hydrogen-bond acceptors (Lipinski definition) is 5. The lowest BCUT2D eigenvalue weighted by Gasteiger charge is -2.44. The minimum absolute atomic E-state index is 0.0311. The number of amides is 2. The number of carbonyl (C=O) groups is 2. The number of anilines is 1. The van der Waals surface area contributed by atoms with E-state index in [-0.39, 0.29) is 23.8 Å². The Morgan fingerprint density at radius 2 is 1.86 bits per heavy atom. The van der Waals surface area contributed by atoms with E-state index in [2.05, 4.69) is 21.2 Å². The van der Waals surface area contributed by atoms with E-state index in [4.69, 9.17) is 11.6 Å². The summed E-state index contributed by atoms with van der Waals surface area (Å²) in [4.78, 5) is 33.5. The van der Waals surface area contributed by atoms with Crippen LogP contribution in [-0.2, 0) is 9.59 Å². The largest absolute Gasteiger partial charge is 0.369 e. The molecule has 5 rings (SSSR count). The molecule has 2 amide bonds. The van der Waals surface area contributed by atoms with Crippen molar-refractivity contribution >= 4 is 46.9 Å². The van der Waals surface area contributed by atoms with Crippen LogP contribution in [0.25, 0.3) is 6.08 Å². The van der Waals surface area contributed by atoms with Gasteiger partial charge in [-0.05, 0) is 49.1 Å². The maximum atomic E-state index is 13.1. The molecule has 3 atom stereocenters. The van der Waals surface area contributed by atoms with Gasteiger partial charge in [0.2, 0.25) is 5.91 Å². The number of carbonyl (C=O) groups excluding carboxylic acids is 2. The Kier molecular flexibility index (Phi) is 8.43. The fraction of sp³-hybridized carbons (Fsp3) is 0.448. The average Bonchev–Trinajstić information content (AvgIpc) is 2.92. The Morgan fingerprint density at radius 1 is 1.08 bits per heavy atom. The molecule has 2 aliphatic heterocycles. The number of hydrogen-bond donors (Lipinski definition) is 1. The van der Waals surface area contributed by atoms with Gasteiger partial charge in [0.05, 0.1) is 4.91 Å². The van der Waals surface area contributed by atoms with Crippen LogP contribution in [0.2, 0.25) is 5.02 Å². The van der Waals surface area contributed by atoms with Crippen molar-refractivity contribution in [1.29, 1.82) is 0 Å². The average molecular weight is 539 g/mol. The van der Waals surface area contributed by atoms with Crippen molar-refractivity contribution in [2.24, 2.45) is 5.92 Å². The normalized spacial score (nSPS) is 25.7. The molecule has 37 heavy (non-hydrogen) atoms. The van der Waals surface area contributed by atoms with Crippen LogP contribution in [0.15, 0.2) is 59.5 Å². The second-order valence-corrected chi connectivity index (χ2v) is 11.9. The van der Waals surface area contributed by atoms with Crippen molar-refractivity contribution in [3.05, 3.63) is 70.1 Å². The molecule has 1 saturated carbocycles. The molecule has 0 radical (unpaired) electrons. The SMILES string of the molecule is CN1C(=O)/C(=C\c2ccccc2)SC2CCC(C(=O)NCCN3CCN(c4cccc(Cl)c4)CC3)CC21. The van der Waals surface area contributed by atoms with Gasteiger partial charge in [-0.2, -0.15) is 0 Å². The Morgan fingerprint density at radius 3 is 2.62 bits per heavy atom. The fourth-order valence-corrected chi connectivity index (χ4v) is 7.28. The van der Waals surface area contributed by atoms with Gasteiger partial charge in [0.15, 0.2) is 0 Å². The van der Waals surface area contributed by atoms with Gasteiger partial charge in [-0.3, -0.25) is 14.5 Å². The van der Waals surface area contributed by atoms with Crippen LogP contribution in [0.1, 0.15) is 24.8 Å². The van der Waals surface area contributed by atoms with Crippen LogP contribution in [0.5, 0.6) is 0 Å². The first-order valence-corrected chi connectivity index (χ1v) is 14.4. The van der Waals surface area contributed by atoms with Crippen molar-refractivity contribution in [1.82, 2.24) is 15.1 Å². The first kappa shape index (κ1) is 26.1. The van der Waals surface area contributed by atoms with Gasteiger partial charge in [-0.15, -0.1) is 11.8 Å². The molecular weight excluding hydrogens is 504 g/mol. The molecule has 3 fully saturated rings. The minimum Gasteiger partial charge on any atom is -0.369 e. The van der Waals surface area contributed by atoms with Crippen LogP contribution in [-0.4, -0.2) is 79.2 Å². The predicted molar refractivity (Wildman–Crippen MR) is 153 cm³/mol. The third kappa shape index (κ3) is 6.33. The van der Waals surface area contributed by atoms with E-state index in [9.17, 15) is 9.59 Å². The molecule has 6 nitrogen and oxygen atoms in total. The monoisotopic (exact) mass is 538 g/mol. The van der Waals surface area contributed by atoms with E-state index >= 15 is 0 Å². The lowest BCUT2D eigenvalue weighted by molar-refractivity contribution is -0.131. The molecule has 0 aromatic heterocycles. The number of benzene rings is 2. The van der Waals surface area contributed by atoms with Crippen molar-refractivity contribution < 1.29 is 9.59 Å². The van der Waals surface area contributed by atoms with Crippen molar-refractivity contribution in [3.63, 3.8) is 0 Å². The molecule has 1 aliphatic carbocycles. The summed E-state index contributed by atoms with van der Waals surface area (Å²) in [5, 5.41) is 4.29. The number of likely N-dealkylation sites (N-methyl/N-ethyl adjacent to an activating group) is 1. The molecule has 0 spiro atoms. The van der Waals surface area contributed by atoms with E-state index < -0.39 is 0 Å². The van der Waals surface area contributed by atoms with E-state index in [1.807, 2.05) is 66.6 Å². The summed E-state index contributed by atoms with van der Waals surface area (Å²) < 4.78 is 0. The van der Waals surface area contributed by atoms with E-state index in [1.54, 1.807) is 11.8 Å². The van der Waals surface area contributed by atoms with Gasteiger partial charge in [-0.1, -0.05) is 48.0 Å². The third-order valence-electron chi connectivity index (χ3n) is 7.80. The zero-order chi connectivity index (χ0) is 25.8. The molecule has 8 heteroatoms. The zero-order valence-electron chi connectivity index (χ0n) is 21.3. The van der Waals surface area contributed by atoms with E-state index in [0.717, 1.165) is 67.5 Å². The molecule has 3 aliphatic rings. The Bertz CT molecular complexity index is 1140. The second kappa shape index (κ2) is 11.9. The quantitative estimate of drug-likeness (QED) is 0.554. The second-order valence-electron chi connectivity index (χ2n) is 10.2. The summed E-state index contributed by atoms with van der Waals surface area (Å²) in [5.41, 5.74) is 2.21. The molecule has 2 heterocycles. The molecule has 2 aromatic carbocycles. The Balaban J connectivity index is 1.07. The number of thioether (sulfide) groups is 1. The molecule has 3 unspecified atom stereocenters. The van der Waals surface area contributed by atoms with E-state index in [1.165, 1.54) is 5.69 Å². The summed E-state index contributed by atoms with van der Waals surface area (Å²) in [6, 6.07) is 18.1. The van der Waals surface area contributed by atoms with Gasteiger partial charge in [0.1, 0.15) is 0 Å². The first-order valence-electron chi connectivity index (χ1n) is 13.2. The third-order valence-corrected chi connectivity index (χ3v) is 9.44. The van der Waals surface area contributed by atoms with Crippen molar-refractivity contribution in [2.75, 3.05) is 51.2 Å². The van der Waals surface area contributed by atoms with Gasteiger partial charge in [0, 0.05) is 74.2 Å². The molecule has 2 saturated heterocycles. The van der Waals surface area contributed by atoms with Crippen LogP contribution < -0.4 is 10.2 Å². The molecule has 1 N–H and O–H groups in total. The highest BCUT2D eigenvalue weighted by atomic mass is 35.5. The summed E-state index contributed by atoms with van der Waals surface area (Å²) in [7, 11) is 1.89. The van der Waals surface area contributed by atoms with Crippen LogP contribution in [0.4, 0.5) is 5.69 Å². The standard InChI is InChI=1S/C29H35ClN4O2S/c1-32-25-19-22(10-11-26(25)37-27(29(32)36)18-21-6-3-2-4-7-21)28(35)31-12-13-33-14-16-34(17-15-33)24-9-5-8-23(30)20-24/h2-9,18,20,22,25-26H,10-17,19H2,1H3,(H,31,35)/b27-18+. The topological polar surface area (TPSA) is 55.9 Å². The first-order chi connectivity index (χ1) is 18.0. The summed E-state index contributed by atoms with van der Waals surface area (Å²) in [6.45, 7) is 5.37. The predicted octanol–water partition coefficient (Wildman–Crippen LogP) is 4.36. The number of fused-ring (bicyclic) bond motifs is 1. The van der Waals surface area contributed by atoms with Crippen molar-refractivity contribution in [2.45, 2.75) is 30.6 Å². The number of piperazine rings is 1. The molecule has 0 bridgehead atoms. The van der Waals surface area contributed by atoms with Crippen LogP contribution in [0, 0.1) is 5.92 Å². The lowest BCUT2D eigenvalue weighted by atomic mass is 9.83. The lowest BCUT2D eigenvalue weighted by Crippen LogP contribution is -2.53. The maximum absolute atomic E-state index is 13.1. The summed E-state index contributed by atoms with van der Waals surface area (Å²) >= 11 is 7.84. The number of rotatable bonds is 6. The highest BCUT2D eigenvalue weighted by Gasteiger charge is 2.42. The zero-order valence-corrected chi connectivity index (χ0v) is 22.9. The number of nitrogens with zero attached hydrogens (tertiary/aromatic N) is 3. The van der Waals surface area contributed by atoms with Crippen LogP contribution in [0.3, 0.4) is 0 Å². The Labute approximate surface area is 229 Å². The minimum atomic E-state index is -0.0311. The molecular formula is C29H35ClN4O2S. The van der Waals surface area contributed by atoms with E-state index in [0.29, 0.717) is 11.8 Å². The van der Waals surface area contributed by atoms with Gasteiger partial charge in [0.25, 0.3) is 5.91 Å². The van der Waals surface area contributed by atoms with Crippen molar-refractivity contribution in [3.8, 4) is 0 Å². The summed E-state index contributed by atoms with van der Waals surface area (Å²) in [6.07, 6.45) is 4.55. The number of halogens is 1. The van der Waals surface area contributed by atoms with Gasteiger partial charge >= 0.3 is 0 Å². The fourth-order valence-electron chi connectivity index (χ4n) is 5.62. The van der Waals surface area contributed by atoms with Crippen LogP contribution >= 0.6 is 23.4 Å². The van der Waals surface area contributed by atoms with Gasteiger partial charge in [-0.25, -0.2) is 0 Å². The molecule has 196 valence electrons. The Hall–Kier alpha value is -2.48. The van der Waals surface area contributed by atoms with Gasteiger partial charge < -0.3 is 15.1 Å². The molecule has 2 aromatic rings. The summed E-state index contributed by atoms with van der Waals surface area (Å²) in [5.74, 6) is 0.164. The number of nitrogens with one attached hydrogen (secondary N) is 1. The highest BCUT2D eigenvalue weighted by Crippen LogP contribution is 2.43. The highest BCUT2D eigenvalue weighted by molar-refractivity contribution is 8.04. The maximum Gasteiger partial charge on any atom is 0.260 e. The smallest absolute Gasteiger partial charge is 0.260 e.